The largest absolute Gasteiger partial charge is 0.311 e. The summed E-state index contributed by atoms with van der Waals surface area (Å²) in [7, 11) is -3.60. The van der Waals surface area contributed by atoms with Crippen LogP contribution in [0.25, 0.3) is 15.3 Å². The van der Waals surface area contributed by atoms with Gasteiger partial charge in [-0.15, -0.1) is 0 Å². The van der Waals surface area contributed by atoms with Crippen molar-refractivity contribution in [1.29, 1.82) is 0 Å². The Morgan fingerprint density at radius 2 is 1.91 bits per heavy atom. The van der Waals surface area contributed by atoms with Gasteiger partial charge in [0, 0.05) is 12.5 Å². The molecule has 4 aromatic rings. The highest BCUT2D eigenvalue weighted by Gasteiger charge is 2.18. The Bertz CT molecular complexity index is 1410. The third-order valence-corrected chi connectivity index (χ3v) is 8.26. The van der Waals surface area contributed by atoms with Gasteiger partial charge in [-0.3, -0.25) is 4.79 Å². The highest BCUT2D eigenvalue weighted by Crippen LogP contribution is 2.34. The first-order chi connectivity index (χ1) is 15.6. The number of halogens is 2. The van der Waals surface area contributed by atoms with Gasteiger partial charge >= 0.3 is 0 Å². The lowest BCUT2D eigenvalue weighted by atomic mass is 10.2. The molecule has 0 spiro atoms. The summed E-state index contributed by atoms with van der Waals surface area (Å²) in [6, 6.07) is 10.1. The van der Waals surface area contributed by atoms with Gasteiger partial charge in [0.15, 0.2) is 9.84 Å². The molecule has 0 saturated carbocycles. The number of thiazole rings is 1. The Morgan fingerprint density at radius 3 is 2.61 bits per heavy atom. The van der Waals surface area contributed by atoms with Crippen molar-refractivity contribution in [1.82, 2.24) is 14.8 Å². The standard InChI is InChI=1S/C22H20ClFN4O3S2/c1-13-5-10-17(23)21-20(13)26-22(32-21)28-18(12-14(2)27-28)25-19(29)4-3-11-33(30,31)16-8-6-15(24)7-9-16/h5-10,12H,3-4,11H2,1-2H3,(H,25,29). The zero-order valence-electron chi connectivity index (χ0n) is 17.8. The number of aryl methyl sites for hydroxylation is 2. The average molecular weight is 507 g/mol. The van der Waals surface area contributed by atoms with E-state index in [0.29, 0.717) is 21.7 Å². The molecule has 1 N–H and O–H groups in total. The maximum absolute atomic E-state index is 13.0. The van der Waals surface area contributed by atoms with Crippen LogP contribution in [0.4, 0.5) is 10.2 Å². The smallest absolute Gasteiger partial charge is 0.225 e. The molecule has 33 heavy (non-hydrogen) atoms. The van der Waals surface area contributed by atoms with Crippen molar-refractivity contribution in [2.45, 2.75) is 31.6 Å². The van der Waals surface area contributed by atoms with E-state index in [4.69, 9.17) is 11.6 Å². The number of aromatic nitrogens is 3. The molecule has 0 bridgehead atoms. The zero-order valence-corrected chi connectivity index (χ0v) is 20.2. The van der Waals surface area contributed by atoms with Crippen LogP contribution in [0.15, 0.2) is 47.4 Å². The third-order valence-electron chi connectivity index (χ3n) is 4.96. The van der Waals surface area contributed by atoms with Crippen LogP contribution in [-0.4, -0.2) is 34.8 Å². The van der Waals surface area contributed by atoms with Crippen LogP contribution >= 0.6 is 22.9 Å². The number of carbonyl (C=O) groups excluding carboxylic acids is 1. The van der Waals surface area contributed by atoms with Gasteiger partial charge in [0.2, 0.25) is 11.0 Å². The molecule has 7 nitrogen and oxygen atoms in total. The number of fused-ring (bicyclic) bond motifs is 1. The first-order valence-electron chi connectivity index (χ1n) is 10.0. The molecular weight excluding hydrogens is 487 g/mol. The number of hydrogen-bond donors (Lipinski definition) is 1. The summed E-state index contributed by atoms with van der Waals surface area (Å²) in [6.45, 7) is 3.74. The van der Waals surface area contributed by atoms with Gasteiger partial charge < -0.3 is 5.32 Å². The number of anilines is 1. The molecule has 11 heteroatoms. The second-order valence-corrected chi connectivity index (χ2v) is 11.0. The van der Waals surface area contributed by atoms with Gasteiger partial charge in [-0.05, 0) is 56.2 Å². The van der Waals surface area contributed by atoms with Gasteiger partial charge in [0.25, 0.3) is 0 Å². The highest BCUT2D eigenvalue weighted by molar-refractivity contribution is 7.91. The van der Waals surface area contributed by atoms with E-state index in [1.165, 1.54) is 23.5 Å². The SMILES string of the molecule is Cc1cc(NC(=O)CCCS(=O)(=O)c2ccc(F)cc2)n(-c2nc3c(C)ccc(Cl)c3s2)n1. The second-order valence-electron chi connectivity index (χ2n) is 7.55. The topological polar surface area (TPSA) is 94.0 Å². The molecule has 4 rings (SSSR count). The monoisotopic (exact) mass is 506 g/mol. The Kier molecular flexibility index (Phi) is 6.51. The molecule has 0 fully saturated rings. The van der Waals surface area contributed by atoms with Gasteiger partial charge in [-0.2, -0.15) is 9.78 Å². The molecule has 0 unspecified atom stereocenters. The fourth-order valence-corrected chi connectivity index (χ4v) is 5.90. The summed E-state index contributed by atoms with van der Waals surface area (Å²) < 4.78 is 40.2. The molecule has 2 aromatic heterocycles. The van der Waals surface area contributed by atoms with Gasteiger partial charge in [-0.1, -0.05) is 29.0 Å². The van der Waals surface area contributed by atoms with E-state index in [1.54, 1.807) is 17.7 Å². The highest BCUT2D eigenvalue weighted by atomic mass is 35.5. The van der Waals surface area contributed by atoms with E-state index >= 15 is 0 Å². The van der Waals surface area contributed by atoms with Gasteiger partial charge in [-0.25, -0.2) is 17.8 Å². The number of nitrogens with one attached hydrogen (secondary N) is 1. The number of hydrogen-bond acceptors (Lipinski definition) is 6. The maximum Gasteiger partial charge on any atom is 0.225 e. The molecule has 0 radical (unpaired) electrons. The fourth-order valence-electron chi connectivity index (χ4n) is 3.30. The maximum atomic E-state index is 13.0. The minimum atomic E-state index is -3.60. The van der Waals surface area contributed by atoms with Crippen LogP contribution in [-0.2, 0) is 14.6 Å². The summed E-state index contributed by atoms with van der Waals surface area (Å²) in [4.78, 5) is 17.2. The van der Waals surface area contributed by atoms with Crippen molar-refractivity contribution in [3.05, 3.63) is 64.6 Å². The Labute approximate surface area is 199 Å². The molecule has 0 saturated heterocycles. The van der Waals surface area contributed by atoms with Crippen molar-refractivity contribution in [2.24, 2.45) is 0 Å². The number of rotatable bonds is 7. The molecule has 0 aliphatic carbocycles. The summed E-state index contributed by atoms with van der Waals surface area (Å²) in [5, 5.41) is 8.38. The van der Waals surface area contributed by atoms with Crippen LogP contribution in [0.1, 0.15) is 24.1 Å². The molecule has 0 aliphatic heterocycles. The van der Waals surface area contributed by atoms with Crippen molar-refractivity contribution >= 4 is 54.7 Å². The van der Waals surface area contributed by atoms with Crippen molar-refractivity contribution in [3.63, 3.8) is 0 Å². The summed E-state index contributed by atoms with van der Waals surface area (Å²) in [6.07, 6.45) is 0.115. The zero-order chi connectivity index (χ0) is 23.8. The quantitative estimate of drug-likeness (QED) is 0.352. The van der Waals surface area contributed by atoms with Crippen LogP contribution in [0.5, 0.6) is 0 Å². The number of amides is 1. The number of benzene rings is 2. The van der Waals surface area contributed by atoms with Crippen molar-refractivity contribution < 1.29 is 17.6 Å². The third kappa shape index (κ3) is 5.07. The molecule has 1 amide bonds. The summed E-state index contributed by atoms with van der Waals surface area (Å²) in [5.74, 6) is -0.640. The Balaban J connectivity index is 1.46. The second kappa shape index (κ2) is 9.20. The van der Waals surface area contributed by atoms with E-state index in [0.717, 1.165) is 27.9 Å². The first kappa shape index (κ1) is 23.3. The van der Waals surface area contributed by atoms with Crippen LogP contribution in [0, 0.1) is 19.7 Å². The van der Waals surface area contributed by atoms with E-state index in [2.05, 4.69) is 15.4 Å². The fraction of sp³-hybridized carbons (Fsp3) is 0.227. The first-order valence-corrected chi connectivity index (χ1v) is 12.9. The molecular formula is C22H20ClFN4O3S2. The molecule has 0 aliphatic rings. The molecule has 2 heterocycles. The molecule has 2 aromatic carbocycles. The summed E-state index contributed by atoms with van der Waals surface area (Å²) >= 11 is 7.67. The lowest BCUT2D eigenvalue weighted by Crippen LogP contribution is -2.16. The predicted octanol–water partition coefficient (Wildman–Crippen LogP) is 5.08. The molecule has 0 atom stereocenters. The van der Waals surface area contributed by atoms with Crippen molar-refractivity contribution in [2.75, 3.05) is 11.1 Å². The van der Waals surface area contributed by atoms with Gasteiger partial charge in [0.05, 0.1) is 31.6 Å². The minimum absolute atomic E-state index is 0.00453. The molecule has 172 valence electrons. The number of nitrogens with zero attached hydrogens (tertiary/aromatic N) is 3. The van der Waals surface area contributed by atoms with E-state index in [9.17, 15) is 17.6 Å². The van der Waals surface area contributed by atoms with Crippen LogP contribution in [0.3, 0.4) is 0 Å². The Hall–Kier alpha value is -2.82. The van der Waals surface area contributed by atoms with E-state index in [-0.39, 0.29) is 29.4 Å². The normalized spacial score (nSPS) is 11.8. The number of carbonyl (C=O) groups is 1. The van der Waals surface area contributed by atoms with Crippen LogP contribution < -0.4 is 5.32 Å². The van der Waals surface area contributed by atoms with E-state index < -0.39 is 15.7 Å². The average Bonchev–Trinajstić information content (AvgIpc) is 3.35. The van der Waals surface area contributed by atoms with E-state index in [1.807, 2.05) is 19.1 Å². The van der Waals surface area contributed by atoms with Crippen molar-refractivity contribution in [3.8, 4) is 5.13 Å². The number of sulfone groups is 1. The minimum Gasteiger partial charge on any atom is -0.311 e. The predicted molar refractivity (Wildman–Crippen MR) is 128 cm³/mol. The Morgan fingerprint density at radius 1 is 1.18 bits per heavy atom. The lowest BCUT2D eigenvalue weighted by molar-refractivity contribution is -0.116. The van der Waals surface area contributed by atoms with Gasteiger partial charge in [0.1, 0.15) is 11.6 Å². The summed E-state index contributed by atoms with van der Waals surface area (Å²) in [5.41, 5.74) is 2.44. The lowest BCUT2D eigenvalue weighted by Gasteiger charge is -2.07. The van der Waals surface area contributed by atoms with Crippen LogP contribution in [0.2, 0.25) is 5.02 Å².